The number of anilines is 2. The van der Waals surface area contributed by atoms with Crippen LogP contribution in [0.2, 0.25) is 0 Å². The fourth-order valence-corrected chi connectivity index (χ4v) is 5.43. The molecule has 0 spiro atoms. The Morgan fingerprint density at radius 1 is 1.08 bits per heavy atom. The van der Waals surface area contributed by atoms with Gasteiger partial charge in [-0.3, -0.25) is 19.3 Å². The lowest BCUT2D eigenvalue weighted by Gasteiger charge is -2.34. The Kier molecular flexibility index (Phi) is 7.77. The van der Waals surface area contributed by atoms with Crippen molar-refractivity contribution in [2.24, 2.45) is 5.73 Å². The number of aromatic nitrogens is 1. The number of carbonyl (C=O) groups is 3. The van der Waals surface area contributed by atoms with E-state index in [1.54, 1.807) is 12.1 Å². The van der Waals surface area contributed by atoms with Crippen molar-refractivity contribution in [1.82, 2.24) is 9.69 Å². The van der Waals surface area contributed by atoms with Crippen LogP contribution >= 0.6 is 11.5 Å². The third-order valence-corrected chi connectivity index (χ3v) is 7.52. The molecule has 4 rings (SSSR count). The van der Waals surface area contributed by atoms with Gasteiger partial charge >= 0.3 is 0 Å². The third-order valence-electron chi connectivity index (χ3n) is 6.67. The molecule has 3 amide bonds. The van der Waals surface area contributed by atoms with Gasteiger partial charge in [-0.2, -0.15) is 4.37 Å². The number of amides is 3. The molecule has 9 nitrogen and oxygen atoms in total. The van der Waals surface area contributed by atoms with E-state index in [1.807, 2.05) is 32.0 Å². The molecule has 1 heterocycles. The lowest BCUT2D eigenvalue weighted by molar-refractivity contribution is -0.123. The predicted molar refractivity (Wildman–Crippen MR) is 144 cm³/mol. The molecule has 1 fully saturated rings. The van der Waals surface area contributed by atoms with Crippen molar-refractivity contribution < 1.29 is 19.5 Å². The smallest absolute Gasteiger partial charge is 0.273 e. The number of nitrogen functional groups attached to an aromatic ring is 1. The number of primary amides is 1. The maximum Gasteiger partial charge on any atom is 0.273 e. The van der Waals surface area contributed by atoms with Crippen LogP contribution < -0.4 is 21.7 Å². The predicted octanol–water partition coefficient (Wildman–Crippen LogP) is 3.98. The Balaban J connectivity index is 1.88. The van der Waals surface area contributed by atoms with E-state index in [2.05, 4.69) is 9.69 Å². The zero-order chi connectivity index (χ0) is 26.7. The van der Waals surface area contributed by atoms with E-state index in [9.17, 15) is 19.5 Å². The summed E-state index contributed by atoms with van der Waals surface area (Å²) in [6, 6.07) is 10.8. The zero-order valence-electron chi connectivity index (χ0n) is 20.9. The van der Waals surface area contributed by atoms with Crippen LogP contribution in [0.1, 0.15) is 75.0 Å². The minimum absolute atomic E-state index is 0.00589. The first-order valence-corrected chi connectivity index (χ1v) is 13.0. The molecule has 3 aromatic rings. The Hall–Kier alpha value is -3.92. The Bertz CT molecular complexity index is 1310. The summed E-state index contributed by atoms with van der Waals surface area (Å²) in [6.07, 6.45) is 4.93. The summed E-state index contributed by atoms with van der Waals surface area (Å²) in [5, 5.41) is 13.1. The van der Waals surface area contributed by atoms with Gasteiger partial charge in [0, 0.05) is 11.7 Å². The molecule has 10 heteroatoms. The van der Waals surface area contributed by atoms with Crippen LogP contribution in [-0.4, -0.2) is 33.2 Å². The van der Waals surface area contributed by atoms with Crippen LogP contribution in [0.4, 0.5) is 11.4 Å². The summed E-state index contributed by atoms with van der Waals surface area (Å²) < 4.78 is 4.00. The van der Waals surface area contributed by atoms with Crippen molar-refractivity contribution in [3.05, 3.63) is 69.7 Å². The average Bonchev–Trinajstić information content (AvgIpc) is 3.26. The van der Waals surface area contributed by atoms with Crippen LogP contribution in [0.15, 0.2) is 42.5 Å². The molecule has 2 aromatic carbocycles. The Morgan fingerprint density at radius 2 is 1.76 bits per heavy atom. The number of nitrogens with two attached hydrogens (primary N) is 2. The number of hydrogen-bond acceptors (Lipinski definition) is 7. The number of phenolic OH excluding ortho intramolecular Hbond substituents is 1. The van der Waals surface area contributed by atoms with E-state index in [-0.39, 0.29) is 34.0 Å². The van der Waals surface area contributed by atoms with Gasteiger partial charge < -0.3 is 21.9 Å². The molecule has 37 heavy (non-hydrogen) atoms. The minimum atomic E-state index is -1.07. The van der Waals surface area contributed by atoms with Crippen molar-refractivity contribution in [2.45, 2.75) is 58.0 Å². The molecule has 0 saturated heterocycles. The number of nitrogens with one attached hydrogen (secondary N) is 1. The molecule has 1 aromatic heterocycles. The number of hydrogen-bond donors (Lipinski definition) is 4. The first kappa shape index (κ1) is 26.2. The molecule has 1 aliphatic rings. The number of benzene rings is 2. The molecule has 0 unspecified atom stereocenters. The van der Waals surface area contributed by atoms with Gasteiger partial charge in [0.2, 0.25) is 5.91 Å². The average molecular weight is 522 g/mol. The van der Waals surface area contributed by atoms with Gasteiger partial charge in [-0.15, -0.1) is 0 Å². The Labute approximate surface area is 219 Å². The van der Waals surface area contributed by atoms with Crippen LogP contribution in [-0.2, 0) is 4.79 Å². The van der Waals surface area contributed by atoms with Gasteiger partial charge in [0.05, 0.1) is 5.69 Å². The van der Waals surface area contributed by atoms with E-state index >= 15 is 0 Å². The number of rotatable bonds is 7. The molecule has 1 aliphatic carbocycles. The van der Waals surface area contributed by atoms with Crippen molar-refractivity contribution in [3.63, 3.8) is 0 Å². The van der Waals surface area contributed by atoms with Gasteiger partial charge in [0.1, 0.15) is 16.7 Å². The second-order valence-electron chi connectivity index (χ2n) is 9.44. The quantitative estimate of drug-likeness (QED) is 0.369. The van der Waals surface area contributed by atoms with E-state index in [1.165, 1.54) is 17.0 Å². The molecular weight excluding hydrogens is 490 g/mol. The number of aromatic hydroxyl groups is 1. The highest BCUT2D eigenvalue weighted by molar-refractivity contribution is 7.09. The summed E-state index contributed by atoms with van der Waals surface area (Å²) in [5.74, 6) is -1.72. The monoisotopic (exact) mass is 521 g/mol. The number of carbonyl (C=O) groups excluding carboxylic acids is 3. The fourth-order valence-electron chi connectivity index (χ4n) is 4.68. The minimum Gasteiger partial charge on any atom is -0.508 e. The molecule has 1 saturated carbocycles. The van der Waals surface area contributed by atoms with E-state index in [0.717, 1.165) is 54.8 Å². The normalized spacial score (nSPS) is 14.6. The van der Waals surface area contributed by atoms with Crippen LogP contribution in [0, 0.1) is 13.8 Å². The van der Waals surface area contributed by atoms with Crippen molar-refractivity contribution >= 4 is 40.6 Å². The van der Waals surface area contributed by atoms with Gasteiger partial charge in [-0.05, 0) is 73.1 Å². The van der Waals surface area contributed by atoms with Gasteiger partial charge in [-0.25, -0.2) is 0 Å². The van der Waals surface area contributed by atoms with Crippen molar-refractivity contribution in [3.8, 4) is 5.75 Å². The van der Waals surface area contributed by atoms with Crippen molar-refractivity contribution in [2.75, 3.05) is 10.6 Å². The first-order valence-electron chi connectivity index (χ1n) is 12.2. The Morgan fingerprint density at radius 3 is 2.38 bits per heavy atom. The largest absolute Gasteiger partial charge is 0.508 e. The van der Waals surface area contributed by atoms with Crippen LogP contribution in [0.3, 0.4) is 0 Å². The number of aryl methyl sites for hydroxylation is 2. The molecule has 1 atom stereocenters. The standard InChI is InChI=1S/C27H31N5O4S/c1-15-8-9-16(2)20(14-15)32(27(36)24-21(28)22(25(29)34)31-37-24)23(17-10-12-19(33)13-11-17)26(35)30-18-6-4-3-5-7-18/h8-14,18,23,33H,3-7,28H2,1-2H3,(H2,29,34)(H,30,35)/t23-/m0/s1. The summed E-state index contributed by atoms with van der Waals surface area (Å²) in [7, 11) is 0. The number of phenols is 1. The summed E-state index contributed by atoms with van der Waals surface area (Å²) >= 11 is 0.769. The van der Waals surface area contributed by atoms with Gasteiger partial charge in [-0.1, -0.05) is 43.5 Å². The van der Waals surface area contributed by atoms with Gasteiger partial charge in [0.15, 0.2) is 5.69 Å². The third kappa shape index (κ3) is 5.59. The fraction of sp³-hybridized carbons (Fsp3) is 0.333. The molecule has 6 N–H and O–H groups in total. The van der Waals surface area contributed by atoms with E-state index in [4.69, 9.17) is 11.5 Å². The maximum absolute atomic E-state index is 14.2. The first-order chi connectivity index (χ1) is 17.7. The van der Waals surface area contributed by atoms with Crippen LogP contribution in [0.5, 0.6) is 5.75 Å². The summed E-state index contributed by atoms with van der Waals surface area (Å²) in [4.78, 5) is 41.3. The highest BCUT2D eigenvalue weighted by Crippen LogP contribution is 2.36. The second-order valence-corrected chi connectivity index (χ2v) is 10.2. The highest BCUT2D eigenvalue weighted by atomic mass is 32.1. The topological polar surface area (TPSA) is 152 Å². The molecular formula is C27H31N5O4S. The van der Waals surface area contributed by atoms with Gasteiger partial charge in [0.25, 0.3) is 11.8 Å². The van der Waals surface area contributed by atoms with E-state index in [0.29, 0.717) is 11.3 Å². The molecule has 0 radical (unpaired) electrons. The second kappa shape index (κ2) is 11.0. The van der Waals surface area contributed by atoms with E-state index < -0.39 is 17.9 Å². The number of nitrogens with zero attached hydrogens (tertiary/aromatic N) is 2. The zero-order valence-corrected chi connectivity index (χ0v) is 21.7. The molecule has 0 aliphatic heterocycles. The highest BCUT2D eigenvalue weighted by Gasteiger charge is 2.37. The lowest BCUT2D eigenvalue weighted by Crippen LogP contribution is -2.47. The summed E-state index contributed by atoms with van der Waals surface area (Å²) in [6.45, 7) is 3.75. The van der Waals surface area contributed by atoms with Crippen molar-refractivity contribution in [1.29, 1.82) is 0 Å². The van der Waals surface area contributed by atoms with Crippen LogP contribution in [0.25, 0.3) is 0 Å². The SMILES string of the molecule is Cc1ccc(C)c(N(C(=O)c2snc(C(N)=O)c2N)[C@H](C(=O)NC2CCCCC2)c2ccc(O)cc2)c1. The lowest BCUT2D eigenvalue weighted by atomic mass is 9.94. The maximum atomic E-state index is 14.2. The molecule has 0 bridgehead atoms. The summed E-state index contributed by atoms with van der Waals surface area (Å²) in [5.41, 5.74) is 13.9. The molecule has 194 valence electrons.